The molecule has 0 aromatic carbocycles. The van der Waals surface area contributed by atoms with Crippen LogP contribution in [-0.2, 0) is 25.5 Å². The maximum absolute atomic E-state index is 12.7. The van der Waals surface area contributed by atoms with Crippen molar-refractivity contribution in [3.63, 3.8) is 0 Å². The lowest BCUT2D eigenvalue weighted by atomic mass is 10.0. The molecule has 3 amide bonds. The summed E-state index contributed by atoms with van der Waals surface area (Å²) >= 11 is 1.33. The molecule has 10 heteroatoms. The summed E-state index contributed by atoms with van der Waals surface area (Å²) in [6.45, 7) is 8.12. The highest BCUT2D eigenvalue weighted by Gasteiger charge is 2.31. The Balaban J connectivity index is 1.52. The minimum absolute atomic E-state index is 0.147. The molecule has 2 aliphatic rings. The van der Waals surface area contributed by atoms with Gasteiger partial charge in [-0.1, -0.05) is 13.8 Å². The van der Waals surface area contributed by atoms with Gasteiger partial charge in [-0.2, -0.15) is 0 Å². The van der Waals surface area contributed by atoms with Gasteiger partial charge in [-0.3, -0.25) is 19.3 Å². The highest BCUT2D eigenvalue weighted by molar-refractivity contribution is 7.15. The fourth-order valence-electron chi connectivity index (χ4n) is 3.60. The topological polar surface area (TPSA) is 108 Å². The Kier molecular flexibility index (Phi) is 8.25. The Morgan fingerprint density at radius 2 is 1.84 bits per heavy atom. The number of amides is 3. The van der Waals surface area contributed by atoms with Crippen molar-refractivity contribution in [2.75, 3.05) is 44.6 Å². The summed E-state index contributed by atoms with van der Waals surface area (Å²) in [5.41, 5.74) is 1.33. The SMILES string of the molecule is CCOC(=O)c1c(CC(C)C)csc1NC(=O)CN1CCN(C(=O)C(=O)NC2CC2)CC1. The third-order valence-corrected chi connectivity index (χ3v) is 6.31. The second-order valence-electron chi connectivity index (χ2n) is 8.65. The van der Waals surface area contributed by atoms with E-state index in [1.165, 1.54) is 16.2 Å². The number of piperazine rings is 1. The molecule has 0 radical (unpaired) electrons. The standard InChI is InChI=1S/C22H32N4O5S/c1-4-31-22(30)18-15(11-14(2)3)13-32-20(18)24-17(27)12-25-7-9-26(10-8-25)21(29)19(28)23-16-5-6-16/h13-14,16H,4-12H2,1-3H3,(H,23,28)(H,24,27). The van der Waals surface area contributed by atoms with Gasteiger partial charge in [-0.25, -0.2) is 4.79 Å². The first-order valence-electron chi connectivity index (χ1n) is 11.2. The first-order valence-corrected chi connectivity index (χ1v) is 12.1. The lowest BCUT2D eigenvalue weighted by Crippen LogP contribution is -2.53. The smallest absolute Gasteiger partial charge is 0.341 e. The zero-order chi connectivity index (χ0) is 23.3. The number of ether oxygens (including phenoxy) is 1. The maximum atomic E-state index is 12.7. The Hall–Kier alpha value is -2.46. The predicted molar refractivity (Wildman–Crippen MR) is 122 cm³/mol. The van der Waals surface area contributed by atoms with E-state index in [4.69, 9.17) is 4.74 Å². The van der Waals surface area contributed by atoms with Gasteiger partial charge in [-0.15, -0.1) is 11.3 Å². The first kappa shape index (κ1) is 24.2. The van der Waals surface area contributed by atoms with Gasteiger partial charge >= 0.3 is 17.8 Å². The molecule has 1 aromatic heterocycles. The minimum Gasteiger partial charge on any atom is -0.462 e. The van der Waals surface area contributed by atoms with Gasteiger partial charge in [0, 0.05) is 32.2 Å². The highest BCUT2D eigenvalue weighted by Crippen LogP contribution is 2.31. The number of hydrogen-bond acceptors (Lipinski definition) is 7. The Morgan fingerprint density at radius 3 is 2.44 bits per heavy atom. The second-order valence-corrected chi connectivity index (χ2v) is 9.53. The molecule has 2 heterocycles. The molecule has 1 saturated carbocycles. The number of carbonyl (C=O) groups excluding carboxylic acids is 4. The Bertz CT molecular complexity index is 857. The minimum atomic E-state index is -0.542. The lowest BCUT2D eigenvalue weighted by molar-refractivity contribution is -0.147. The first-order chi connectivity index (χ1) is 15.3. The number of anilines is 1. The summed E-state index contributed by atoms with van der Waals surface area (Å²) in [7, 11) is 0. The second kappa shape index (κ2) is 10.9. The zero-order valence-electron chi connectivity index (χ0n) is 18.9. The number of thiophene rings is 1. The fraction of sp³-hybridized carbons (Fsp3) is 0.636. The van der Waals surface area contributed by atoms with Crippen molar-refractivity contribution in [3.8, 4) is 0 Å². The van der Waals surface area contributed by atoms with Crippen LogP contribution < -0.4 is 10.6 Å². The summed E-state index contributed by atoms with van der Waals surface area (Å²) in [6, 6.07) is 0.147. The monoisotopic (exact) mass is 464 g/mol. The quantitative estimate of drug-likeness (QED) is 0.446. The van der Waals surface area contributed by atoms with E-state index < -0.39 is 17.8 Å². The molecule has 0 atom stereocenters. The molecule has 0 spiro atoms. The van der Waals surface area contributed by atoms with Crippen molar-refractivity contribution in [1.29, 1.82) is 0 Å². The van der Waals surface area contributed by atoms with E-state index in [9.17, 15) is 19.2 Å². The van der Waals surface area contributed by atoms with E-state index in [2.05, 4.69) is 24.5 Å². The highest BCUT2D eigenvalue weighted by atomic mass is 32.1. The summed E-state index contributed by atoms with van der Waals surface area (Å²) < 4.78 is 5.20. The average Bonchev–Trinajstić information content (AvgIpc) is 3.47. The van der Waals surface area contributed by atoms with Crippen molar-refractivity contribution in [2.24, 2.45) is 5.92 Å². The van der Waals surface area contributed by atoms with E-state index in [1.54, 1.807) is 6.92 Å². The number of nitrogens with one attached hydrogen (secondary N) is 2. The van der Waals surface area contributed by atoms with Crippen molar-refractivity contribution >= 4 is 40.0 Å². The maximum Gasteiger partial charge on any atom is 0.341 e. The largest absolute Gasteiger partial charge is 0.462 e. The Morgan fingerprint density at radius 1 is 1.16 bits per heavy atom. The average molecular weight is 465 g/mol. The van der Waals surface area contributed by atoms with Gasteiger partial charge in [0.1, 0.15) is 5.00 Å². The molecule has 2 fully saturated rings. The van der Waals surface area contributed by atoms with Crippen LogP contribution in [0, 0.1) is 5.92 Å². The fourth-order valence-corrected chi connectivity index (χ4v) is 4.58. The van der Waals surface area contributed by atoms with Crippen LogP contribution in [0.3, 0.4) is 0 Å². The third kappa shape index (κ3) is 6.52. The van der Waals surface area contributed by atoms with E-state index in [0.717, 1.165) is 24.8 Å². The van der Waals surface area contributed by atoms with Crippen LogP contribution in [0.15, 0.2) is 5.38 Å². The Labute approximate surface area is 192 Å². The summed E-state index contributed by atoms with van der Waals surface area (Å²) in [5, 5.41) is 7.99. The van der Waals surface area contributed by atoms with Crippen molar-refractivity contribution < 1.29 is 23.9 Å². The van der Waals surface area contributed by atoms with E-state index >= 15 is 0 Å². The summed E-state index contributed by atoms with van der Waals surface area (Å²) in [4.78, 5) is 52.8. The number of hydrogen-bond donors (Lipinski definition) is 2. The van der Waals surface area contributed by atoms with E-state index in [0.29, 0.717) is 42.7 Å². The normalized spacial score (nSPS) is 16.7. The van der Waals surface area contributed by atoms with E-state index in [-0.39, 0.29) is 25.1 Å². The van der Waals surface area contributed by atoms with Crippen LogP contribution in [0.1, 0.15) is 49.5 Å². The van der Waals surface area contributed by atoms with Crippen molar-refractivity contribution in [1.82, 2.24) is 15.1 Å². The summed E-state index contributed by atoms with van der Waals surface area (Å²) in [5.74, 6) is -1.32. The molecule has 9 nitrogen and oxygen atoms in total. The van der Waals surface area contributed by atoms with Gasteiger partial charge in [0.25, 0.3) is 0 Å². The molecule has 0 unspecified atom stereocenters. The number of nitrogens with zero attached hydrogens (tertiary/aromatic N) is 2. The molecule has 1 aromatic rings. The van der Waals surface area contributed by atoms with Crippen molar-refractivity contribution in [2.45, 2.75) is 46.1 Å². The van der Waals surface area contributed by atoms with Crippen LogP contribution in [0.4, 0.5) is 5.00 Å². The van der Waals surface area contributed by atoms with Crippen molar-refractivity contribution in [3.05, 3.63) is 16.5 Å². The molecule has 32 heavy (non-hydrogen) atoms. The van der Waals surface area contributed by atoms with Crippen LogP contribution >= 0.6 is 11.3 Å². The number of rotatable bonds is 8. The van der Waals surface area contributed by atoms with Gasteiger partial charge in [0.2, 0.25) is 5.91 Å². The zero-order valence-corrected chi connectivity index (χ0v) is 19.8. The van der Waals surface area contributed by atoms with Gasteiger partial charge in [0.15, 0.2) is 0 Å². The lowest BCUT2D eigenvalue weighted by Gasteiger charge is -2.33. The van der Waals surface area contributed by atoms with Crippen LogP contribution in [0.2, 0.25) is 0 Å². The van der Waals surface area contributed by atoms with E-state index in [1.807, 2.05) is 10.3 Å². The molecule has 1 aliphatic carbocycles. The van der Waals surface area contributed by atoms with Crippen LogP contribution in [-0.4, -0.2) is 78.9 Å². The summed E-state index contributed by atoms with van der Waals surface area (Å²) in [6.07, 6.45) is 2.59. The molecule has 3 rings (SSSR count). The molecule has 176 valence electrons. The molecule has 1 aliphatic heterocycles. The molecule has 0 bridgehead atoms. The molecule has 1 saturated heterocycles. The van der Waals surface area contributed by atoms with Gasteiger partial charge in [-0.05, 0) is 43.0 Å². The predicted octanol–water partition coefficient (Wildman–Crippen LogP) is 1.48. The van der Waals surface area contributed by atoms with Gasteiger partial charge < -0.3 is 20.3 Å². The van der Waals surface area contributed by atoms with Crippen LogP contribution in [0.5, 0.6) is 0 Å². The number of esters is 1. The number of carbonyl (C=O) groups is 4. The van der Waals surface area contributed by atoms with Crippen LogP contribution in [0.25, 0.3) is 0 Å². The van der Waals surface area contributed by atoms with Gasteiger partial charge in [0.05, 0.1) is 18.7 Å². The molecular weight excluding hydrogens is 432 g/mol. The molecule has 2 N–H and O–H groups in total. The third-order valence-electron chi connectivity index (χ3n) is 5.36. The molecular formula is C22H32N4O5S.